The van der Waals surface area contributed by atoms with Crippen LogP contribution in [-0.2, 0) is 0 Å². The molecule has 0 aliphatic carbocycles. The lowest BCUT2D eigenvalue weighted by atomic mass is 10.0. The van der Waals surface area contributed by atoms with Gasteiger partial charge in [-0.05, 0) is 42.7 Å². The first kappa shape index (κ1) is 10.0. The summed E-state index contributed by atoms with van der Waals surface area (Å²) in [5, 5.41) is 0. The van der Waals surface area contributed by atoms with Crippen LogP contribution >= 0.6 is 0 Å². The molecule has 4 N–H and O–H groups in total. The van der Waals surface area contributed by atoms with Crippen LogP contribution in [0.1, 0.15) is 22.9 Å². The van der Waals surface area contributed by atoms with Gasteiger partial charge in [-0.2, -0.15) is 0 Å². The molecule has 0 spiro atoms. The van der Waals surface area contributed by atoms with Gasteiger partial charge in [0.1, 0.15) is 5.75 Å². The Labute approximate surface area is 78.7 Å². The molecule has 3 heteroatoms. The third-order valence-electron chi connectivity index (χ3n) is 2.14. The predicted octanol–water partition coefficient (Wildman–Crippen LogP) is 1.23. The van der Waals surface area contributed by atoms with E-state index < -0.39 is 6.17 Å². The topological polar surface area (TPSA) is 61.3 Å². The number of aryl methyl sites for hydroxylation is 2. The van der Waals surface area contributed by atoms with Gasteiger partial charge in [-0.15, -0.1) is 0 Å². The van der Waals surface area contributed by atoms with Gasteiger partial charge < -0.3 is 16.2 Å². The number of methoxy groups -OCH3 is 1. The molecule has 0 unspecified atom stereocenters. The van der Waals surface area contributed by atoms with Crippen LogP contribution in [0.25, 0.3) is 0 Å². The molecule has 0 aliphatic heterocycles. The first-order valence-electron chi connectivity index (χ1n) is 4.22. The fourth-order valence-corrected chi connectivity index (χ4v) is 1.39. The number of rotatable bonds is 2. The molecule has 3 nitrogen and oxygen atoms in total. The zero-order chi connectivity index (χ0) is 10.0. The van der Waals surface area contributed by atoms with Crippen molar-refractivity contribution < 1.29 is 4.74 Å². The van der Waals surface area contributed by atoms with Gasteiger partial charge in [0.15, 0.2) is 0 Å². The second-order valence-electron chi connectivity index (χ2n) is 3.20. The zero-order valence-corrected chi connectivity index (χ0v) is 8.29. The van der Waals surface area contributed by atoms with Gasteiger partial charge in [-0.1, -0.05) is 0 Å². The maximum atomic E-state index is 5.61. The number of ether oxygens (including phenoxy) is 1. The van der Waals surface area contributed by atoms with E-state index in [9.17, 15) is 0 Å². The van der Waals surface area contributed by atoms with Gasteiger partial charge in [0.25, 0.3) is 0 Å². The summed E-state index contributed by atoms with van der Waals surface area (Å²) in [5.74, 6) is 0.877. The van der Waals surface area contributed by atoms with E-state index in [-0.39, 0.29) is 0 Å². The summed E-state index contributed by atoms with van der Waals surface area (Å²) < 4.78 is 5.18. The quantitative estimate of drug-likeness (QED) is 0.673. The molecule has 1 aromatic rings. The van der Waals surface area contributed by atoms with Crippen molar-refractivity contribution in [1.29, 1.82) is 0 Å². The van der Waals surface area contributed by atoms with Gasteiger partial charge >= 0.3 is 0 Å². The minimum atomic E-state index is -0.412. The lowest BCUT2D eigenvalue weighted by molar-refractivity contribution is 0.411. The molecule has 0 fully saturated rings. The monoisotopic (exact) mass is 180 g/mol. The van der Waals surface area contributed by atoms with Crippen molar-refractivity contribution in [2.75, 3.05) is 7.11 Å². The summed E-state index contributed by atoms with van der Waals surface area (Å²) in [6.07, 6.45) is -0.412. The van der Waals surface area contributed by atoms with E-state index in [4.69, 9.17) is 16.2 Å². The third-order valence-corrected chi connectivity index (χ3v) is 2.14. The second-order valence-corrected chi connectivity index (χ2v) is 3.20. The first-order chi connectivity index (χ1) is 6.06. The van der Waals surface area contributed by atoms with Crippen LogP contribution in [0.3, 0.4) is 0 Å². The summed E-state index contributed by atoms with van der Waals surface area (Å²) in [5.41, 5.74) is 14.3. The normalized spacial score (nSPS) is 10.6. The average Bonchev–Trinajstić information content (AvgIpc) is 2.07. The van der Waals surface area contributed by atoms with Gasteiger partial charge in [0.05, 0.1) is 13.3 Å². The van der Waals surface area contributed by atoms with Crippen LogP contribution < -0.4 is 16.2 Å². The molecule has 0 saturated heterocycles. The minimum absolute atomic E-state index is 0.412. The summed E-state index contributed by atoms with van der Waals surface area (Å²) in [6, 6.07) is 3.93. The standard InChI is InChI=1S/C10H16N2O/c1-6-5-9(13-3)7(2)4-8(6)10(11)12/h4-5,10H,11-12H2,1-3H3. The smallest absolute Gasteiger partial charge is 0.122 e. The molecular weight excluding hydrogens is 164 g/mol. The van der Waals surface area contributed by atoms with E-state index >= 15 is 0 Å². The van der Waals surface area contributed by atoms with E-state index in [1.165, 1.54) is 0 Å². The molecule has 1 aromatic carbocycles. The summed E-state index contributed by atoms with van der Waals surface area (Å²) in [4.78, 5) is 0. The lowest BCUT2D eigenvalue weighted by Gasteiger charge is -2.13. The van der Waals surface area contributed by atoms with Crippen molar-refractivity contribution in [2.45, 2.75) is 20.0 Å². The van der Waals surface area contributed by atoms with Gasteiger partial charge in [0.2, 0.25) is 0 Å². The van der Waals surface area contributed by atoms with E-state index in [2.05, 4.69) is 0 Å². The largest absolute Gasteiger partial charge is 0.496 e. The molecule has 13 heavy (non-hydrogen) atoms. The van der Waals surface area contributed by atoms with Gasteiger partial charge in [0, 0.05) is 0 Å². The van der Waals surface area contributed by atoms with Crippen LogP contribution in [0.15, 0.2) is 12.1 Å². The summed E-state index contributed by atoms with van der Waals surface area (Å²) >= 11 is 0. The van der Waals surface area contributed by atoms with Crippen LogP contribution in [0.5, 0.6) is 5.75 Å². The van der Waals surface area contributed by atoms with Crippen molar-refractivity contribution in [2.24, 2.45) is 11.5 Å². The molecule has 0 atom stereocenters. The molecule has 1 rings (SSSR count). The predicted molar refractivity (Wildman–Crippen MR) is 53.6 cm³/mol. The van der Waals surface area contributed by atoms with E-state index in [1.54, 1.807) is 7.11 Å². The van der Waals surface area contributed by atoms with Crippen LogP contribution in [0.2, 0.25) is 0 Å². The second kappa shape index (κ2) is 3.77. The molecule has 0 heterocycles. The van der Waals surface area contributed by atoms with Crippen molar-refractivity contribution in [1.82, 2.24) is 0 Å². The Morgan fingerprint density at radius 1 is 1.15 bits per heavy atom. The SMILES string of the molecule is COc1cc(C)c(C(N)N)cc1C. The highest BCUT2D eigenvalue weighted by atomic mass is 16.5. The van der Waals surface area contributed by atoms with E-state index in [1.807, 2.05) is 26.0 Å². The fraction of sp³-hybridized carbons (Fsp3) is 0.400. The third kappa shape index (κ3) is 1.99. The number of nitrogens with two attached hydrogens (primary N) is 2. The van der Waals surface area contributed by atoms with Crippen LogP contribution in [0, 0.1) is 13.8 Å². The van der Waals surface area contributed by atoms with Crippen molar-refractivity contribution in [3.63, 3.8) is 0 Å². The Hall–Kier alpha value is -1.06. The van der Waals surface area contributed by atoms with Crippen LogP contribution in [-0.4, -0.2) is 7.11 Å². The highest BCUT2D eigenvalue weighted by Crippen LogP contribution is 2.23. The number of benzene rings is 1. The van der Waals surface area contributed by atoms with E-state index in [0.29, 0.717) is 0 Å². The summed E-state index contributed by atoms with van der Waals surface area (Å²) in [6.45, 7) is 3.95. The Balaban J connectivity index is 3.20. The molecule has 0 bridgehead atoms. The highest BCUT2D eigenvalue weighted by Gasteiger charge is 2.07. The molecular formula is C10H16N2O. The highest BCUT2D eigenvalue weighted by molar-refractivity contribution is 5.42. The minimum Gasteiger partial charge on any atom is -0.496 e. The Morgan fingerprint density at radius 3 is 2.23 bits per heavy atom. The van der Waals surface area contributed by atoms with Crippen molar-refractivity contribution in [3.05, 3.63) is 28.8 Å². The maximum Gasteiger partial charge on any atom is 0.122 e. The summed E-state index contributed by atoms with van der Waals surface area (Å²) in [7, 11) is 1.66. The molecule has 0 aliphatic rings. The van der Waals surface area contributed by atoms with E-state index in [0.717, 1.165) is 22.4 Å². The molecule has 72 valence electrons. The number of hydrogen-bond acceptors (Lipinski definition) is 3. The Kier molecular flexibility index (Phi) is 2.90. The maximum absolute atomic E-state index is 5.61. The first-order valence-corrected chi connectivity index (χ1v) is 4.22. The van der Waals surface area contributed by atoms with Crippen LogP contribution in [0.4, 0.5) is 0 Å². The molecule has 0 aromatic heterocycles. The van der Waals surface area contributed by atoms with Crippen molar-refractivity contribution in [3.8, 4) is 5.75 Å². The lowest BCUT2D eigenvalue weighted by Crippen LogP contribution is -2.21. The molecule has 0 amide bonds. The average molecular weight is 180 g/mol. The van der Waals surface area contributed by atoms with Gasteiger partial charge in [-0.25, -0.2) is 0 Å². The number of hydrogen-bond donors (Lipinski definition) is 2. The Bertz CT molecular complexity index is 308. The Morgan fingerprint density at radius 2 is 1.77 bits per heavy atom. The van der Waals surface area contributed by atoms with Crippen molar-refractivity contribution >= 4 is 0 Å². The zero-order valence-electron chi connectivity index (χ0n) is 8.29. The fourth-order valence-electron chi connectivity index (χ4n) is 1.39. The van der Waals surface area contributed by atoms with Gasteiger partial charge in [-0.3, -0.25) is 0 Å². The molecule has 0 radical (unpaired) electrons. The molecule has 0 saturated carbocycles.